The van der Waals surface area contributed by atoms with Gasteiger partial charge >= 0.3 is 5.97 Å². The third-order valence-corrected chi connectivity index (χ3v) is 5.07. The van der Waals surface area contributed by atoms with E-state index in [1.165, 1.54) is 0 Å². The number of carbonyl (C=O) groups excluding carboxylic acids is 1. The van der Waals surface area contributed by atoms with E-state index in [1.54, 1.807) is 24.5 Å². The predicted molar refractivity (Wildman–Crippen MR) is 94.0 cm³/mol. The molecule has 5 nitrogen and oxygen atoms in total. The second kappa shape index (κ2) is 6.67. The number of hydrogen-bond donors (Lipinski definition) is 2. The lowest BCUT2D eigenvalue weighted by Gasteiger charge is -2.15. The smallest absolute Gasteiger partial charge is 0.326 e. The minimum absolute atomic E-state index is 0.115. The zero-order chi connectivity index (χ0) is 18.0. The molecule has 3 atom stereocenters. The zero-order valence-electron chi connectivity index (χ0n) is 14.3. The van der Waals surface area contributed by atoms with Gasteiger partial charge in [-0.25, -0.2) is 4.79 Å². The van der Waals surface area contributed by atoms with Crippen LogP contribution < -0.4 is 5.32 Å². The minimum Gasteiger partial charge on any atom is -0.480 e. The fourth-order valence-electron chi connectivity index (χ4n) is 3.63. The first kappa shape index (κ1) is 17.1. The zero-order valence-corrected chi connectivity index (χ0v) is 14.3. The van der Waals surface area contributed by atoms with E-state index >= 15 is 0 Å². The SMILES string of the molecule is CC1(C)[C@H](C(=O)NC(Cc2ccncc2)C(=O)O)[C@H]1c1ccccc1. The highest BCUT2D eigenvalue weighted by atomic mass is 16.4. The number of aliphatic carboxylic acids is 1. The number of nitrogens with zero attached hydrogens (tertiary/aromatic N) is 1. The fraction of sp³-hybridized carbons (Fsp3) is 0.350. The Morgan fingerprint density at radius 2 is 1.80 bits per heavy atom. The predicted octanol–water partition coefficient (Wildman–Crippen LogP) is 2.63. The first-order valence-corrected chi connectivity index (χ1v) is 8.38. The first-order chi connectivity index (χ1) is 11.9. The summed E-state index contributed by atoms with van der Waals surface area (Å²) in [6, 6.07) is 12.5. The van der Waals surface area contributed by atoms with Crippen LogP contribution in [0.15, 0.2) is 54.9 Å². The number of nitrogens with one attached hydrogen (secondary N) is 1. The summed E-state index contributed by atoms with van der Waals surface area (Å²) in [7, 11) is 0. The molecule has 130 valence electrons. The average molecular weight is 338 g/mol. The third-order valence-electron chi connectivity index (χ3n) is 5.07. The molecule has 2 N–H and O–H groups in total. The lowest BCUT2D eigenvalue weighted by Crippen LogP contribution is -2.43. The van der Waals surface area contributed by atoms with Gasteiger partial charge in [0.05, 0.1) is 5.92 Å². The van der Waals surface area contributed by atoms with Crippen LogP contribution in [0.5, 0.6) is 0 Å². The van der Waals surface area contributed by atoms with E-state index in [2.05, 4.69) is 10.3 Å². The molecular formula is C20H22N2O3. The number of hydrogen-bond acceptors (Lipinski definition) is 3. The van der Waals surface area contributed by atoms with Crippen LogP contribution in [0, 0.1) is 11.3 Å². The summed E-state index contributed by atoms with van der Waals surface area (Å²) < 4.78 is 0. The average Bonchev–Trinajstić information content (AvgIpc) is 3.18. The molecule has 1 aliphatic carbocycles. The number of aromatic nitrogens is 1. The van der Waals surface area contributed by atoms with Gasteiger partial charge in [-0.1, -0.05) is 44.2 Å². The van der Waals surface area contributed by atoms with E-state index < -0.39 is 12.0 Å². The van der Waals surface area contributed by atoms with Gasteiger partial charge in [-0.2, -0.15) is 0 Å². The van der Waals surface area contributed by atoms with Crippen molar-refractivity contribution >= 4 is 11.9 Å². The molecule has 0 radical (unpaired) electrons. The van der Waals surface area contributed by atoms with Crippen molar-refractivity contribution in [2.24, 2.45) is 11.3 Å². The number of carboxylic acid groups (broad SMARTS) is 1. The van der Waals surface area contributed by atoms with E-state index in [4.69, 9.17) is 0 Å². The van der Waals surface area contributed by atoms with Crippen molar-refractivity contribution in [1.29, 1.82) is 0 Å². The van der Waals surface area contributed by atoms with Crippen molar-refractivity contribution in [1.82, 2.24) is 10.3 Å². The number of rotatable bonds is 6. The fourth-order valence-corrected chi connectivity index (χ4v) is 3.63. The van der Waals surface area contributed by atoms with Crippen molar-refractivity contribution in [2.45, 2.75) is 32.2 Å². The molecule has 1 aromatic heterocycles. The molecule has 0 aliphatic heterocycles. The van der Waals surface area contributed by atoms with E-state index in [-0.39, 0.29) is 29.6 Å². The topological polar surface area (TPSA) is 79.3 Å². The van der Waals surface area contributed by atoms with Gasteiger partial charge < -0.3 is 10.4 Å². The lowest BCUT2D eigenvalue weighted by molar-refractivity contribution is -0.142. The number of carboxylic acids is 1. The lowest BCUT2D eigenvalue weighted by atomic mass is 10.0. The van der Waals surface area contributed by atoms with Crippen LogP contribution in [0.2, 0.25) is 0 Å². The van der Waals surface area contributed by atoms with Crippen LogP contribution in [-0.4, -0.2) is 28.0 Å². The van der Waals surface area contributed by atoms with Gasteiger partial charge in [0.2, 0.25) is 5.91 Å². The maximum absolute atomic E-state index is 12.7. The Hall–Kier alpha value is -2.69. The summed E-state index contributed by atoms with van der Waals surface area (Å²) in [6.07, 6.45) is 3.48. The maximum atomic E-state index is 12.7. The molecule has 0 spiro atoms. The Bertz CT molecular complexity index is 759. The molecular weight excluding hydrogens is 316 g/mol. The molecule has 1 heterocycles. The quantitative estimate of drug-likeness (QED) is 0.848. The number of amides is 1. The summed E-state index contributed by atoms with van der Waals surface area (Å²) in [5, 5.41) is 12.2. The molecule has 1 saturated carbocycles. The van der Waals surface area contributed by atoms with E-state index in [1.807, 2.05) is 44.2 Å². The Morgan fingerprint density at radius 1 is 1.16 bits per heavy atom. The Kier molecular flexibility index (Phi) is 4.57. The van der Waals surface area contributed by atoms with Gasteiger partial charge in [0.15, 0.2) is 0 Å². The Balaban J connectivity index is 1.71. The van der Waals surface area contributed by atoms with Crippen molar-refractivity contribution in [3.8, 4) is 0 Å². The normalized spacial score (nSPS) is 22.0. The van der Waals surface area contributed by atoms with Crippen molar-refractivity contribution in [3.05, 3.63) is 66.0 Å². The Morgan fingerprint density at radius 3 is 2.40 bits per heavy atom. The number of pyridine rings is 1. The maximum Gasteiger partial charge on any atom is 0.326 e. The Labute approximate surface area is 147 Å². The van der Waals surface area contributed by atoms with Gasteiger partial charge in [0.25, 0.3) is 0 Å². The van der Waals surface area contributed by atoms with Crippen LogP contribution in [0.25, 0.3) is 0 Å². The van der Waals surface area contributed by atoms with E-state index in [0.29, 0.717) is 0 Å². The second-order valence-corrected chi connectivity index (χ2v) is 7.15. The first-order valence-electron chi connectivity index (χ1n) is 8.38. The van der Waals surface area contributed by atoms with E-state index in [0.717, 1.165) is 11.1 Å². The highest BCUT2D eigenvalue weighted by Crippen LogP contribution is 2.64. The summed E-state index contributed by atoms with van der Waals surface area (Å²) in [6.45, 7) is 4.10. The molecule has 1 fully saturated rings. The van der Waals surface area contributed by atoms with E-state index in [9.17, 15) is 14.7 Å². The monoisotopic (exact) mass is 338 g/mol. The third kappa shape index (κ3) is 3.55. The molecule has 0 saturated heterocycles. The van der Waals surface area contributed by atoms with Crippen LogP contribution in [0.1, 0.15) is 30.9 Å². The van der Waals surface area contributed by atoms with Crippen LogP contribution in [-0.2, 0) is 16.0 Å². The summed E-state index contributed by atoms with van der Waals surface area (Å²) in [5.41, 5.74) is 1.77. The van der Waals surface area contributed by atoms with Crippen LogP contribution in [0.3, 0.4) is 0 Å². The van der Waals surface area contributed by atoms with Gasteiger partial charge in [0.1, 0.15) is 6.04 Å². The molecule has 1 aromatic carbocycles. The van der Waals surface area contributed by atoms with Crippen molar-refractivity contribution in [2.75, 3.05) is 0 Å². The minimum atomic E-state index is -1.03. The van der Waals surface area contributed by atoms with Crippen molar-refractivity contribution in [3.63, 3.8) is 0 Å². The molecule has 5 heteroatoms. The molecule has 1 unspecified atom stereocenters. The highest BCUT2D eigenvalue weighted by molar-refractivity contribution is 5.89. The molecule has 1 amide bonds. The van der Waals surface area contributed by atoms with Gasteiger partial charge in [-0.05, 0) is 28.7 Å². The highest BCUT2D eigenvalue weighted by Gasteiger charge is 2.62. The van der Waals surface area contributed by atoms with Gasteiger partial charge in [-0.15, -0.1) is 0 Å². The molecule has 3 rings (SSSR count). The second-order valence-electron chi connectivity index (χ2n) is 7.15. The number of carbonyl (C=O) groups is 2. The summed E-state index contributed by atoms with van der Waals surface area (Å²) in [4.78, 5) is 28.2. The van der Waals surface area contributed by atoms with Crippen LogP contribution in [0.4, 0.5) is 0 Å². The number of benzene rings is 1. The molecule has 0 bridgehead atoms. The largest absolute Gasteiger partial charge is 0.480 e. The molecule has 25 heavy (non-hydrogen) atoms. The standard InChI is InChI=1S/C20H22N2O3/c1-20(2)16(14-6-4-3-5-7-14)17(20)18(23)22-15(19(24)25)12-13-8-10-21-11-9-13/h3-11,15-17H,12H2,1-2H3,(H,22,23)(H,24,25)/t15?,16-,17+/m1/s1. The summed E-state index contributed by atoms with van der Waals surface area (Å²) >= 11 is 0. The van der Waals surface area contributed by atoms with Gasteiger partial charge in [0, 0.05) is 24.7 Å². The summed E-state index contributed by atoms with van der Waals surface area (Å²) in [5.74, 6) is -1.32. The van der Waals surface area contributed by atoms with Crippen LogP contribution >= 0.6 is 0 Å². The van der Waals surface area contributed by atoms with Crippen molar-refractivity contribution < 1.29 is 14.7 Å². The molecule has 2 aromatic rings. The van der Waals surface area contributed by atoms with Gasteiger partial charge in [-0.3, -0.25) is 9.78 Å². The molecule has 1 aliphatic rings.